The van der Waals surface area contributed by atoms with Gasteiger partial charge in [-0.25, -0.2) is 0 Å². The van der Waals surface area contributed by atoms with Crippen molar-refractivity contribution >= 4 is 17.5 Å². The van der Waals surface area contributed by atoms with Crippen LogP contribution in [0.2, 0.25) is 0 Å². The molecule has 20 heavy (non-hydrogen) atoms. The lowest BCUT2D eigenvalue weighted by Crippen LogP contribution is -2.55. The smallest absolute Gasteiger partial charge is 0.256 e. The molecular formula is C14H19N3O3. The zero-order valence-electron chi connectivity index (χ0n) is 11.7. The predicted molar refractivity (Wildman–Crippen MR) is 75.3 cm³/mol. The summed E-state index contributed by atoms with van der Waals surface area (Å²) in [5.41, 5.74) is 7.67. The van der Waals surface area contributed by atoms with E-state index in [9.17, 15) is 9.59 Å². The first-order valence-corrected chi connectivity index (χ1v) is 6.51. The molecule has 1 aliphatic heterocycles. The summed E-state index contributed by atoms with van der Waals surface area (Å²) in [6.45, 7) is 2.90. The maximum absolute atomic E-state index is 12.6. The first-order chi connectivity index (χ1) is 9.54. The minimum absolute atomic E-state index is 0.205. The molecule has 108 valence electrons. The first-order valence-electron chi connectivity index (χ1n) is 6.51. The molecule has 6 heteroatoms. The van der Waals surface area contributed by atoms with Gasteiger partial charge in [0.05, 0.1) is 18.8 Å². The molecule has 6 nitrogen and oxygen atoms in total. The topological polar surface area (TPSA) is 84.7 Å². The number of rotatable bonds is 2. The van der Waals surface area contributed by atoms with Gasteiger partial charge in [0.15, 0.2) is 0 Å². The van der Waals surface area contributed by atoms with E-state index in [4.69, 9.17) is 10.5 Å². The highest BCUT2D eigenvalue weighted by Gasteiger charge is 2.33. The third kappa shape index (κ3) is 2.75. The number of nitrogens with one attached hydrogen (secondary N) is 1. The van der Waals surface area contributed by atoms with Gasteiger partial charge in [0.1, 0.15) is 6.04 Å². The number of nitrogens with zero attached hydrogens (tertiary/aromatic N) is 1. The molecule has 1 unspecified atom stereocenters. The average Bonchev–Trinajstić information content (AvgIpc) is 2.48. The van der Waals surface area contributed by atoms with Crippen LogP contribution >= 0.6 is 0 Å². The van der Waals surface area contributed by atoms with Crippen molar-refractivity contribution in [3.05, 3.63) is 29.3 Å². The average molecular weight is 277 g/mol. The molecule has 0 spiro atoms. The molecule has 0 bridgehead atoms. The number of carbonyl (C=O) groups is 2. The van der Waals surface area contributed by atoms with E-state index < -0.39 is 6.04 Å². The molecule has 0 aromatic heterocycles. The van der Waals surface area contributed by atoms with Gasteiger partial charge in [-0.05, 0) is 19.1 Å². The number of nitrogens with two attached hydrogens (primary N) is 1. The van der Waals surface area contributed by atoms with E-state index in [1.54, 1.807) is 19.2 Å². The molecule has 2 rings (SSSR count). The van der Waals surface area contributed by atoms with Gasteiger partial charge >= 0.3 is 0 Å². The highest BCUT2D eigenvalue weighted by molar-refractivity contribution is 6.01. The molecule has 1 aromatic carbocycles. The number of aryl methyl sites for hydroxylation is 1. The fourth-order valence-electron chi connectivity index (χ4n) is 2.24. The van der Waals surface area contributed by atoms with Crippen LogP contribution in [-0.2, 0) is 9.53 Å². The SMILES string of the molecule is CNC(=O)C1COCCN1C(=O)c1cc(C)ccc1N. The van der Waals surface area contributed by atoms with E-state index in [1.807, 2.05) is 13.0 Å². The van der Waals surface area contributed by atoms with Crippen molar-refractivity contribution in [3.8, 4) is 0 Å². The third-order valence-corrected chi connectivity index (χ3v) is 3.38. The Balaban J connectivity index is 2.30. The monoisotopic (exact) mass is 277 g/mol. The summed E-state index contributed by atoms with van der Waals surface area (Å²) in [7, 11) is 1.54. The van der Waals surface area contributed by atoms with E-state index in [-0.39, 0.29) is 18.4 Å². The van der Waals surface area contributed by atoms with Crippen LogP contribution in [0.4, 0.5) is 5.69 Å². The van der Waals surface area contributed by atoms with Gasteiger partial charge in [0.2, 0.25) is 5.91 Å². The van der Waals surface area contributed by atoms with Crippen molar-refractivity contribution in [3.63, 3.8) is 0 Å². The van der Waals surface area contributed by atoms with E-state index in [2.05, 4.69) is 5.32 Å². The second kappa shape index (κ2) is 5.92. The van der Waals surface area contributed by atoms with Crippen LogP contribution in [0.1, 0.15) is 15.9 Å². The Kier molecular flexibility index (Phi) is 4.24. The minimum atomic E-state index is -0.610. The Hall–Kier alpha value is -2.08. The number of nitrogen functional groups attached to an aromatic ring is 1. The van der Waals surface area contributed by atoms with Gasteiger partial charge in [0.25, 0.3) is 5.91 Å². The number of carbonyl (C=O) groups excluding carboxylic acids is 2. The largest absolute Gasteiger partial charge is 0.398 e. The number of ether oxygens (including phenoxy) is 1. The summed E-state index contributed by atoms with van der Waals surface area (Å²) < 4.78 is 5.29. The maximum Gasteiger partial charge on any atom is 0.256 e. The Labute approximate surface area is 117 Å². The van der Waals surface area contributed by atoms with Crippen LogP contribution in [-0.4, -0.2) is 49.6 Å². The molecule has 0 saturated carbocycles. The van der Waals surface area contributed by atoms with Crippen molar-refractivity contribution in [2.75, 3.05) is 32.5 Å². The summed E-state index contributed by atoms with van der Waals surface area (Å²) in [5, 5.41) is 2.55. The highest BCUT2D eigenvalue weighted by atomic mass is 16.5. The fraction of sp³-hybridized carbons (Fsp3) is 0.429. The Bertz CT molecular complexity index is 530. The van der Waals surface area contributed by atoms with Crippen LogP contribution in [0.3, 0.4) is 0 Å². The van der Waals surface area contributed by atoms with Gasteiger partial charge in [-0.3, -0.25) is 9.59 Å². The molecule has 1 aliphatic rings. The van der Waals surface area contributed by atoms with E-state index in [0.717, 1.165) is 5.56 Å². The van der Waals surface area contributed by atoms with E-state index in [1.165, 1.54) is 4.90 Å². The number of hydrogen-bond acceptors (Lipinski definition) is 4. The van der Waals surface area contributed by atoms with Crippen molar-refractivity contribution in [1.29, 1.82) is 0 Å². The number of hydrogen-bond donors (Lipinski definition) is 2. The molecular weight excluding hydrogens is 258 g/mol. The fourth-order valence-corrected chi connectivity index (χ4v) is 2.24. The quantitative estimate of drug-likeness (QED) is 0.754. The number of morpholine rings is 1. The lowest BCUT2D eigenvalue weighted by atomic mass is 10.1. The second-order valence-corrected chi connectivity index (χ2v) is 4.79. The molecule has 1 heterocycles. The van der Waals surface area contributed by atoms with Crippen LogP contribution < -0.4 is 11.1 Å². The maximum atomic E-state index is 12.6. The van der Waals surface area contributed by atoms with Crippen LogP contribution in [0, 0.1) is 6.92 Å². The lowest BCUT2D eigenvalue weighted by Gasteiger charge is -2.34. The molecule has 1 atom stereocenters. The van der Waals surface area contributed by atoms with Crippen LogP contribution in [0.15, 0.2) is 18.2 Å². The normalized spacial score (nSPS) is 18.7. The number of anilines is 1. The van der Waals surface area contributed by atoms with Gasteiger partial charge < -0.3 is 20.7 Å². The molecule has 1 saturated heterocycles. The van der Waals surface area contributed by atoms with Crippen LogP contribution in [0.5, 0.6) is 0 Å². The Morgan fingerprint density at radius 3 is 2.90 bits per heavy atom. The van der Waals surface area contributed by atoms with Crippen molar-refractivity contribution in [2.24, 2.45) is 0 Å². The van der Waals surface area contributed by atoms with Gasteiger partial charge in [-0.2, -0.15) is 0 Å². The van der Waals surface area contributed by atoms with Gasteiger partial charge in [-0.1, -0.05) is 11.6 Å². The van der Waals surface area contributed by atoms with Crippen molar-refractivity contribution in [1.82, 2.24) is 10.2 Å². The second-order valence-electron chi connectivity index (χ2n) is 4.79. The summed E-state index contributed by atoms with van der Waals surface area (Å²) in [5.74, 6) is -0.465. The lowest BCUT2D eigenvalue weighted by molar-refractivity contribution is -0.130. The molecule has 1 aromatic rings. The standard InChI is InChI=1S/C14H19N3O3/c1-9-3-4-11(15)10(7-9)14(19)17-5-6-20-8-12(17)13(18)16-2/h3-4,7,12H,5-6,8,15H2,1-2H3,(H,16,18). The molecule has 0 aliphatic carbocycles. The van der Waals surface area contributed by atoms with Gasteiger partial charge in [-0.15, -0.1) is 0 Å². The van der Waals surface area contributed by atoms with Crippen molar-refractivity contribution in [2.45, 2.75) is 13.0 Å². The highest BCUT2D eigenvalue weighted by Crippen LogP contribution is 2.19. The first kappa shape index (κ1) is 14.3. The third-order valence-electron chi connectivity index (χ3n) is 3.38. The summed E-state index contributed by atoms with van der Waals surface area (Å²) in [6.07, 6.45) is 0. The van der Waals surface area contributed by atoms with Gasteiger partial charge in [0, 0.05) is 19.3 Å². The summed E-state index contributed by atoms with van der Waals surface area (Å²) >= 11 is 0. The van der Waals surface area contributed by atoms with Crippen LogP contribution in [0.25, 0.3) is 0 Å². The van der Waals surface area contributed by atoms with Crippen molar-refractivity contribution < 1.29 is 14.3 Å². The summed E-state index contributed by atoms with van der Waals surface area (Å²) in [4.78, 5) is 26.0. The number of benzene rings is 1. The molecule has 2 amide bonds. The Morgan fingerprint density at radius 2 is 2.20 bits per heavy atom. The van der Waals surface area contributed by atoms with E-state index >= 15 is 0 Å². The minimum Gasteiger partial charge on any atom is -0.398 e. The molecule has 3 N–H and O–H groups in total. The zero-order valence-corrected chi connectivity index (χ0v) is 11.7. The number of likely N-dealkylation sites (N-methyl/N-ethyl adjacent to an activating group) is 1. The Morgan fingerprint density at radius 1 is 1.45 bits per heavy atom. The predicted octanol–water partition coefficient (Wildman–Crippen LogP) is 0.164. The van der Waals surface area contributed by atoms with E-state index in [0.29, 0.717) is 24.4 Å². The number of amides is 2. The summed E-state index contributed by atoms with van der Waals surface area (Å²) in [6, 6.07) is 4.69. The molecule has 1 fully saturated rings. The zero-order chi connectivity index (χ0) is 14.7. The molecule has 0 radical (unpaired) electrons.